The minimum absolute atomic E-state index is 0.568. The highest BCUT2D eigenvalue weighted by Gasteiger charge is 2.18. The lowest BCUT2D eigenvalue weighted by atomic mass is 9.79. The summed E-state index contributed by atoms with van der Waals surface area (Å²) in [7, 11) is 0. The summed E-state index contributed by atoms with van der Waals surface area (Å²) >= 11 is 0. The Morgan fingerprint density at radius 1 is 0.867 bits per heavy atom. The summed E-state index contributed by atoms with van der Waals surface area (Å²) in [5.41, 5.74) is 0.568. The van der Waals surface area contributed by atoms with E-state index < -0.39 is 0 Å². The normalized spacial score (nSPS) is 12.4. The van der Waals surface area contributed by atoms with Gasteiger partial charge in [-0.25, -0.2) is 0 Å². The van der Waals surface area contributed by atoms with Gasteiger partial charge in [0.2, 0.25) is 0 Å². The van der Waals surface area contributed by atoms with Gasteiger partial charge in [0.15, 0.2) is 0 Å². The number of unbranched alkanes of at least 4 members (excludes halogenated alkanes) is 5. The predicted molar refractivity (Wildman–Crippen MR) is 71.2 cm³/mol. The Bertz CT molecular complexity index is 133. The van der Waals surface area contributed by atoms with Gasteiger partial charge in [0.25, 0.3) is 0 Å². The molecule has 0 nitrogen and oxygen atoms in total. The van der Waals surface area contributed by atoms with Crippen LogP contribution >= 0.6 is 0 Å². The van der Waals surface area contributed by atoms with Gasteiger partial charge in [0.1, 0.15) is 0 Å². The van der Waals surface area contributed by atoms with Crippen molar-refractivity contribution in [2.24, 2.45) is 11.3 Å². The molecule has 0 aromatic heterocycles. The molecule has 0 saturated heterocycles. The molecule has 0 aromatic carbocycles. The number of hydrogen-bond donors (Lipinski definition) is 0. The summed E-state index contributed by atoms with van der Waals surface area (Å²) in [6.45, 7) is 11.8. The van der Waals surface area contributed by atoms with E-state index in [0.29, 0.717) is 5.41 Å². The molecule has 0 aliphatic heterocycles. The first-order valence-corrected chi connectivity index (χ1v) is 6.98. The van der Waals surface area contributed by atoms with Gasteiger partial charge in [-0.05, 0) is 24.2 Å². The van der Waals surface area contributed by atoms with Crippen LogP contribution in [0.25, 0.3) is 0 Å². The molecule has 0 heteroatoms. The molecule has 92 valence electrons. The molecule has 0 fully saturated rings. The second-order valence-corrected chi connectivity index (χ2v) is 6.28. The minimum Gasteiger partial charge on any atom is -0.0654 e. The van der Waals surface area contributed by atoms with Crippen molar-refractivity contribution < 1.29 is 0 Å². The van der Waals surface area contributed by atoms with Gasteiger partial charge < -0.3 is 0 Å². The van der Waals surface area contributed by atoms with Crippen LogP contribution in [-0.2, 0) is 0 Å². The molecule has 15 heavy (non-hydrogen) atoms. The van der Waals surface area contributed by atoms with Crippen LogP contribution in [0.3, 0.4) is 0 Å². The highest BCUT2D eigenvalue weighted by molar-refractivity contribution is 4.70. The molecule has 0 heterocycles. The lowest BCUT2D eigenvalue weighted by Crippen LogP contribution is -2.14. The first-order valence-electron chi connectivity index (χ1n) is 6.98. The quantitative estimate of drug-likeness (QED) is 0.423. The highest BCUT2D eigenvalue weighted by atomic mass is 14.2. The first-order chi connectivity index (χ1) is 6.98. The zero-order valence-corrected chi connectivity index (χ0v) is 11.7. The summed E-state index contributed by atoms with van der Waals surface area (Å²) in [6.07, 6.45) is 11.4. The fraction of sp³-hybridized carbons (Fsp3) is 1.00. The predicted octanol–water partition coefficient (Wildman–Crippen LogP) is 5.81. The SMILES string of the molecule is CCCCCCCCC(C)(C)CC(C)C. The van der Waals surface area contributed by atoms with Crippen LogP contribution in [0.5, 0.6) is 0 Å². The molecular formula is C15H32. The summed E-state index contributed by atoms with van der Waals surface area (Å²) in [6, 6.07) is 0. The molecule has 0 saturated carbocycles. The van der Waals surface area contributed by atoms with Crippen LogP contribution in [0.2, 0.25) is 0 Å². The molecule has 0 aliphatic rings. The monoisotopic (exact) mass is 212 g/mol. The van der Waals surface area contributed by atoms with Gasteiger partial charge >= 0.3 is 0 Å². The van der Waals surface area contributed by atoms with E-state index in [0.717, 1.165) is 5.92 Å². The largest absolute Gasteiger partial charge is 0.0654 e. The third-order valence-corrected chi connectivity index (χ3v) is 3.17. The van der Waals surface area contributed by atoms with Crippen molar-refractivity contribution in [1.82, 2.24) is 0 Å². The maximum atomic E-state index is 2.43. The van der Waals surface area contributed by atoms with Gasteiger partial charge in [-0.2, -0.15) is 0 Å². The van der Waals surface area contributed by atoms with Crippen molar-refractivity contribution in [1.29, 1.82) is 0 Å². The number of hydrogen-bond acceptors (Lipinski definition) is 0. The molecule has 0 N–H and O–H groups in total. The van der Waals surface area contributed by atoms with Crippen LogP contribution in [0.4, 0.5) is 0 Å². The third-order valence-electron chi connectivity index (χ3n) is 3.17. The van der Waals surface area contributed by atoms with E-state index in [1.165, 1.54) is 51.4 Å². The standard InChI is InChI=1S/C15H32/c1-6-7-8-9-10-11-12-15(4,5)13-14(2)3/h14H,6-13H2,1-5H3. The molecule has 0 aromatic rings. The van der Waals surface area contributed by atoms with E-state index >= 15 is 0 Å². The second-order valence-electron chi connectivity index (χ2n) is 6.28. The topological polar surface area (TPSA) is 0 Å². The van der Waals surface area contributed by atoms with Gasteiger partial charge in [-0.1, -0.05) is 73.1 Å². The molecule has 0 spiro atoms. The molecular weight excluding hydrogens is 180 g/mol. The van der Waals surface area contributed by atoms with Gasteiger partial charge in [-0.15, -0.1) is 0 Å². The zero-order valence-electron chi connectivity index (χ0n) is 11.7. The molecule has 0 aliphatic carbocycles. The minimum atomic E-state index is 0.568. The Balaban J connectivity index is 3.40. The number of rotatable bonds is 9. The molecule has 0 amide bonds. The van der Waals surface area contributed by atoms with E-state index in [9.17, 15) is 0 Å². The fourth-order valence-corrected chi connectivity index (χ4v) is 2.59. The van der Waals surface area contributed by atoms with Crippen LogP contribution in [0.15, 0.2) is 0 Å². The first kappa shape index (κ1) is 15.0. The van der Waals surface area contributed by atoms with E-state index in [4.69, 9.17) is 0 Å². The lowest BCUT2D eigenvalue weighted by Gasteiger charge is -2.26. The second kappa shape index (κ2) is 8.19. The Kier molecular flexibility index (Phi) is 8.19. The van der Waals surface area contributed by atoms with Crippen molar-refractivity contribution in [3.05, 3.63) is 0 Å². The molecule has 0 bridgehead atoms. The van der Waals surface area contributed by atoms with E-state index in [1.54, 1.807) is 0 Å². The van der Waals surface area contributed by atoms with Crippen molar-refractivity contribution in [3.63, 3.8) is 0 Å². The summed E-state index contributed by atoms with van der Waals surface area (Å²) in [5.74, 6) is 0.847. The Labute approximate surface area is 97.8 Å². The van der Waals surface area contributed by atoms with Crippen molar-refractivity contribution in [3.8, 4) is 0 Å². The van der Waals surface area contributed by atoms with Crippen LogP contribution < -0.4 is 0 Å². The van der Waals surface area contributed by atoms with Crippen molar-refractivity contribution >= 4 is 0 Å². The van der Waals surface area contributed by atoms with E-state index in [2.05, 4.69) is 34.6 Å². The lowest BCUT2D eigenvalue weighted by molar-refractivity contribution is 0.256. The van der Waals surface area contributed by atoms with E-state index in [-0.39, 0.29) is 0 Å². The maximum Gasteiger partial charge on any atom is -0.0352 e. The fourth-order valence-electron chi connectivity index (χ4n) is 2.59. The van der Waals surface area contributed by atoms with Crippen LogP contribution in [0, 0.1) is 11.3 Å². The summed E-state index contributed by atoms with van der Waals surface area (Å²) in [5, 5.41) is 0. The van der Waals surface area contributed by atoms with E-state index in [1.807, 2.05) is 0 Å². The summed E-state index contributed by atoms with van der Waals surface area (Å²) in [4.78, 5) is 0. The van der Waals surface area contributed by atoms with Crippen LogP contribution in [0.1, 0.15) is 86.0 Å². The molecule has 0 rings (SSSR count). The zero-order chi connectivity index (χ0) is 11.7. The maximum absolute atomic E-state index is 2.43. The molecule has 0 radical (unpaired) electrons. The highest BCUT2D eigenvalue weighted by Crippen LogP contribution is 2.31. The average Bonchev–Trinajstić information content (AvgIpc) is 2.08. The molecule has 0 unspecified atom stereocenters. The van der Waals surface area contributed by atoms with Crippen LogP contribution in [-0.4, -0.2) is 0 Å². The van der Waals surface area contributed by atoms with Gasteiger partial charge in [-0.3, -0.25) is 0 Å². The Hall–Kier alpha value is 0. The summed E-state index contributed by atoms with van der Waals surface area (Å²) < 4.78 is 0. The smallest absolute Gasteiger partial charge is 0.0352 e. The Morgan fingerprint density at radius 3 is 1.93 bits per heavy atom. The van der Waals surface area contributed by atoms with Gasteiger partial charge in [0.05, 0.1) is 0 Å². The third kappa shape index (κ3) is 10.3. The van der Waals surface area contributed by atoms with Crippen molar-refractivity contribution in [2.75, 3.05) is 0 Å². The molecule has 0 atom stereocenters. The van der Waals surface area contributed by atoms with Crippen molar-refractivity contribution in [2.45, 2.75) is 86.0 Å². The Morgan fingerprint density at radius 2 is 1.40 bits per heavy atom. The van der Waals surface area contributed by atoms with Gasteiger partial charge in [0, 0.05) is 0 Å². The average molecular weight is 212 g/mol.